The van der Waals surface area contributed by atoms with Crippen molar-refractivity contribution in [2.75, 3.05) is 5.32 Å². The van der Waals surface area contributed by atoms with Gasteiger partial charge in [-0.3, -0.25) is 4.98 Å². The summed E-state index contributed by atoms with van der Waals surface area (Å²) in [7, 11) is 0. The standard InChI is InChI=1S/C10H14N4O/c1-7(15)10(9(12)5-11)14-8-3-2-4-13-6-8/h2-7,11,14-15H,12H2,1H3/b10-9+,11-5?. The van der Waals surface area contributed by atoms with Crippen LogP contribution in [0.2, 0.25) is 0 Å². The number of nitrogens with one attached hydrogen (secondary N) is 2. The lowest BCUT2D eigenvalue weighted by molar-refractivity contribution is 0.232. The lowest BCUT2D eigenvalue weighted by Gasteiger charge is -2.14. The SMILES string of the molecule is CC(O)/C(Nc1cccnc1)=C(\N)C=N. The molecular formula is C10H14N4O. The molecule has 0 aliphatic rings. The number of allylic oxidation sites excluding steroid dienone is 1. The second kappa shape index (κ2) is 5.11. The Balaban J connectivity index is 2.91. The molecule has 1 rings (SSSR count). The summed E-state index contributed by atoms with van der Waals surface area (Å²) in [5.74, 6) is 0. The second-order valence-corrected chi connectivity index (χ2v) is 3.06. The highest BCUT2D eigenvalue weighted by atomic mass is 16.3. The third kappa shape index (κ3) is 3.07. The average molecular weight is 206 g/mol. The van der Waals surface area contributed by atoms with Gasteiger partial charge >= 0.3 is 0 Å². The fraction of sp³-hybridized carbons (Fsp3) is 0.200. The Morgan fingerprint density at radius 3 is 2.93 bits per heavy atom. The van der Waals surface area contributed by atoms with Gasteiger partial charge in [0.25, 0.3) is 0 Å². The van der Waals surface area contributed by atoms with Gasteiger partial charge < -0.3 is 21.6 Å². The van der Waals surface area contributed by atoms with Crippen molar-refractivity contribution in [3.8, 4) is 0 Å². The van der Waals surface area contributed by atoms with Crippen molar-refractivity contribution in [2.45, 2.75) is 13.0 Å². The van der Waals surface area contributed by atoms with E-state index >= 15 is 0 Å². The normalized spacial score (nSPS) is 14.0. The van der Waals surface area contributed by atoms with E-state index < -0.39 is 6.10 Å². The Hall–Kier alpha value is -1.88. The minimum absolute atomic E-state index is 0.203. The van der Waals surface area contributed by atoms with Crippen molar-refractivity contribution in [3.63, 3.8) is 0 Å². The van der Waals surface area contributed by atoms with E-state index in [1.807, 2.05) is 0 Å². The van der Waals surface area contributed by atoms with E-state index in [0.29, 0.717) is 5.70 Å². The van der Waals surface area contributed by atoms with Crippen LogP contribution in [0, 0.1) is 5.41 Å². The largest absolute Gasteiger partial charge is 0.396 e. The van der Waals surface area contributed by atoms with Crippen molar-refractivity contribution in [2.24, 2.45) is 5.73 Å². The van der Waals surface area contributed by atoms with Gasteiger partial charge in [0.1, 0.15) is 0 Å². The number of hydrogen-bond acceptors (Lipinski definition) is 5. The van der Waals surface area contributed by atoms with Gasteiger partial charge in [-0.1, -0.05) is 0 Å². The van der Waals surface area contributed by atoms with Crippen LogP contribution in [0.4, 0.5) is 5.69 Å². The molecule has 15 heavy (non-hydrogen) atoms. The van der Waals surface area contributed by atoms with Crippen LogP contribution in [0.25, 0.3) is 0 Å². The third-order valence-corrected chi connectivity index (χ3v) is 1.82. The third-order valence-electron chi connectivity index (χ3n) is 1.82. The number of nitrogens with two attached hydrogens (primary N) is 1. The molecule has 1 aromatic rings. The van der Waals surface area contributed by atoms with E-state index in [2.05, 4.69) is 10.3 Å². The number of rotatable bonds is 4. The van der Waals surface area contributed by atoms with Crippen LogP contribution in [0.15, 0.2) is 35.9 Å². The van der Waals surface area contributed by atoms with E-state index in [0.717, 1.165) is 11.9 Å². The topological polar surface area (TPSA) is 95.0 Å². The number of nitrogens with zero attached hydrogens (tertiary/aromatic N) is 1. The molecule has 1 aromatic heterocycles. The summed E-state index contributed by atoms with van der Waals surface area (Å²) in [6.07, 6.45) is 3.49. The minimum Gasteiger partial charge on any atom is -0.396 e. The number of hydrogen-bond donors (Lipinski definition) is 4. The zero-order valence-corrected chi connectivity index (χ0v) is 8.44. The van der Waals surface area contributed by atoms with Crippen molar-refractivity contribution >= 4 is 11.9 Å². The van der Waals surface area contributed by atoms with Crippen LogP contribution in [0.5, 0.6) is 0 Å². The molecule has 5 N–H and O–H groups in total. The van der Waals surface area contributed by atoms with Crippen LogP contribution in [-0.4, -0.2) is 22.4 Å². The molecule has 0 aliphatic heterocycles. The van der Waals surface area contributed by atoms with E-state index in [1.165, 1.54) is 0 Å². The van der Waals surface area contributed by atoms with Gasteiger partial charge in [0.2, 0.25) is 0 Å². The number of aliphatic hydroxyl groups excluding tert-OH is 1. The quantitative estimate of drug-likeness (QED) is 0.545. The predicted molar refractivity (Wildman–Crippen MR) is 59.5 cm³/mol. The lowest BCUT2D eigenvalue weighted by Crippen LogP contribution is -2.20. The van der Waals surface area contributed by atoms with Gasteiger partial charge in [0.15, 0.2) is 0 Å². The van der Waals surface area contributed by atoms with Gasteiger partial charge in [0, 0.05) is 12.4 Å². The molecule has 1 heterocycles. The average Bonchev–Trinajstić information content (AvgIpc) is 2.26. The van der Waals surface area contributed by atoms with E-state index in [-0.39, 0.29) is 5.70 Å². The highest BCUT2D eigenvalue weighted by Crippen LogP contribution is 2.11. The Kier molecular flexibility index (Phi) is 3.82. The Labute approximate surface area is 88.2 Å². The molecule has 1 atom stereocenters. The molecule has 0 bridgehead atoms. The zero-order valence-electron chi connectivity index (χ0n) is 8.44. The van der Waals surface area contributed by atoms with Crippen LogP contribution < -0.4 is 11.1 Å². The maximum Gasteiger partial charge on any atom is 0.0931 e. The summed E-state index contributed by atoms with van der Waals surface area (Å²) in [4.78, 5) is 3.92. The molecule has 0 fully saturated rings. The van der Waals surface area contributed by atoms with Crippen LogP contribution in [0.1, 0.15) is 6.92 Å². The van der Waals surface area contributed by atoms with Crippen LogP contribution >= 0.6 is 0 Å². The monoisotopic (exact) mass is 206 g/mol. The first-order valence-corrected chi connectivity index (χ1v) is 4.50. The molecular weight excluding hydrogens is 192 g/mol. The number of pyridine rings is 1. The van der Waals surface area contributed by atoms with Crippen molar-refractivity contribution in [3.05, 3.63) is 35.9 Å². The number of aromatic nitrogens is 1. The molecule has 80 valence electrons. The Morgan fingerprint density at radius 2 is 2.47 bits per heavy atom. The summed E-state index contributed by atoms with van der Waals surface area (Å²) in [6, 6.07) is 3.56. The molecule has 0 saturated heterocycles. The first-order chi connectivity index (χ1) is 7.15. The van der Waals surface area contributed by atoms with Gasteiger partial charge in [-0.05, 0) is 19.1 Å². The molecule has 0 aromatic carbocycles. The fourth-order valence-corrected chi connectivity index (χ4v) is 1.09. The molecule has 0 amide bonds. The number of anilines is 1. The summed E-state index contributed by atoms with van der Waals surface area (Å²) >= 11 is 0. The van der Waals surface area contributed by atoms with Crippen molar-refractivity contribution < 1.29 is 5.11 Å². The van der Waals surface area contributed by atoms with E-state index in [1.54, 1.807) is 31.5 Å². The predicted octanol–water partition coefficient (Wildman–Crippen LogP) is 0.694. The van der Waals surface area contributed by atoms with E-state index in [9.17, 15) is 5.11 Å². The Bertz CT molecular complexity index is 359. The summed E-state index contributed by atoms with van der Waals surface area (Å²) in [6.45, 7) is 1.58. The highest BCUT2D eigenvalue weighted by Gasteiger charge is 2.08. The van der Waals surface area contributed by atoms with Crippen LogP contribution in [-0.2, 0) is 0 Å². The van der Waals surface area contributed by atoms with Gasteiger partial charge in [-0.15, -0.1) is 0 Å². The van der Waals surface area contributed by atoms with E-state index in [4.69, 9.17) is 11.1 Å². The summed E-state index contributed by atoms with van der Waals surface area (Å²) in [5.41, 5.74) is 6.88. The molecule has 1 unspecified atom stereocenters. The summed E-state index contributed by atoms with van der Waals surface area (Å²) < 4.78 is 0. The van der Waals surface area contributed by atoms with Crippen LogP contribution in [0.3, 0.4) is 0 Å². The number of aliphatic hydroxyl groups is 1. The Morgan fingerprint density at radius 1 is 1.73 bits per heavy atom. The maximum absolute atomic E-state index is 9.45. The molecule has 0 spiro atoms. The first-order valence-electron chi connectivity index (χ1n) is 4.50. The zero-order chi connectivity index (χ0) is 11.3. The smallest absolute Gasteiger partial charge is 0.0931 e. The molecule has 5 heteroatoms. The fourth-order valence-electron chi connectivity index (χ4n) is 1.09. The highest BCUT2D eigenvalue weighted by molar-refractivity contribution is 5.77. The second-order valence-electron chi connectivity index (χ2n) is 3.06. The molecule has 0 aliphatic carbocycles. The van der Waals surface area contributed by atoms with Gasteiger partial charge in [0.05, 0.1) is 29.4 Å². The van der Waals surface area contributed by atoms with Crippen molar-refractivity contribution in [1.29, 1.82) is 5.41 Å². The van der Waals surface area contributed by atoms with Crippen molar-refractivity contribution in [1.82, 2.24) is 4.98 Å². The first kappa shape index (κ1) is 11.2. The van der Waals surface area contributed by atoms with Gasteiger partial charge in [-0.2, -0.15) is 0 Å². The summed E-state index contributed by atoms with van der Waals surface area (Å²) in [5, 5.41) is 19.4. The molecule has 0 radical (unpaired) electrons. The van der Waals surface area contributed by atoms with Gasteiger partial charge in [-0.25, -0.2) is 0 Å². The molecule has 5 nitrogen and oxygen atoms in total. The lowest BCUT2D eigenvalue weighted by atomic mass is 10.2. The minimum atomic E-state index is -0.758. The maximum atomic E-state index is 9.45. The molecule has 0 saturated carbocycles.